The first-order valence-corrected chi connectivity index (χ1v) is 6.31. The van der Waals surface area contributed by atoms with E-state index in [0.717, 1.165) is 5.56 Å². The molecule has 2 unspecified atom stereocenters. The van der Waals surface area contributed by atoms with Gasteiger partial charge in [0.05, 0.1) is 13.2 Å². The number of aliphatic hydroxyl groups excluding tert-OH is 1. The van der Waals surface area contributed by atoms with E-state index < -0.39 is 24.2 Å². The van der Waals surface area contributed by atoms with Crippen molar-refractivity contribution in [3.8, 4) is 0 Å². The van der Waals surface area contributed by atoms with Gasteiger partial charge in [0.1, 0.15) is 6.61 Å². The van der Waals surface area contributed by atoms with Crippen molar-refractivity contribution in [2.75, 3.05) is 7.11 Å². The lowest BCUT2D eigenvalue weighted by Crippen LogP contribution is -2.47. The third kappa shape index (κ3) is 4.89. The van der Waals surface area contributed by atoms with Crippen LogP contribution in [-0.4, -0.2) is 36.4 Å². The van der Waals surface area contributed by atoms with E-state index >= 15 is 0 Å². The van der Waals surface area contributed by atoms with Gasteiger partial charge in [-0.05, 0) is 12.0 Å². The summed E-state index contributed by atoms with van der Waals surface area (Å²) >= 11 is 0. The quantitative estimate of drug-likeness (QED) is 0.766. The second-order valence-electron chi connectivity index (χ2n) is 4.19. The Bertz CT molecular complexity index is 434. The fourth-order valence-electron chi connectivity index (χ4n) is 1.61. The molecule has 6 nitrogen and oxygen atoms in total. The number of ether oxygens (including phenoxy) is 2. The average Bonchev–Trinajstić information content (AvgIpc) is 2.50. The summed E-state index contributed by atoms with van der Waals surface area (Å²) in [5, 5.41) is 12.1. The SMILES string of the molecule is CCC(NC(=O)OCc1ccccc1)C(O)C(=O)OC. The smallest absolute Gasteiger partial charge is 0.407 e. The number of methoxy groups -OCH3 is 1. The van der Waals surface area contributed by atoms with Crippen LogP contribution >= 0.6 is 0 Å². The molecule has 110 valence electrons. The number of benzene rings is 1. The van der Waals surface area contributed by atoms with Crippen molar-refractivity contribution >= 4 is 12.1 Å². The maximum Gasteiger partial charge on any atom is 0.407 e. The van der Waals surface area contributed by atoms with Crippen LogP contribution in [0.2, 0.25) is 0 Å². The normalized spacial score (nSPS) is 13.2. The largest absolute Gasteiger partial charge is 0.467 e. The number of hydrogen-bond acceptors (Lipinski definition) is 5. The third-order valence-corrected chi connectivity index (χ3v) is 2.78. The number of nitrogens with one attached hydrogen (secondary N) is 1. The predicted octanol–water partition coefficient (Wildman–Crippen LogP) is 1.23. The van der Waals surface area contributed by atoms with Gasteiger partial charge in [0.15, 0.2) is 6.10 Å². The van der Waals surface area contributed by atoms with Gasteiger partial charge in [-0.2, -0.15) is 0 Å². The van der Waals surface area contributed by atoms with Gasteiger partial charge in [0.2, 0.25) is 0 Å². The van der Waals surface area contributed by atoms with Gasteiger partial charge in [0, 0.05) is 0 Å². The Balaban J connectivity index is 2.45. The lowest BCUT2D eigenvalue weighted by Gasteiger charge is -2.20. The summed E-state index contributed by atoms with van der Waals surface area (Å²) in [6.45, 7) is 1.85. The van der Waals surface area contributed by atoms with E-state index in [1.54, 1.807) is 6.92 Å². The molecule has 0 radical (unpaired) electrons. The van der Waals surface area contributed by atoms with Gasteiger partial charge in [-0.3, -0.25) is 0 Å². The molecule has 0 fully saturated rings. The molecule has 1 aromatic rings. The fraction of sp³-hybridized carbons (Fsp3) is 0.429. The van der Waals surface area contributed by atoms with Crippen LogP contribution in [0.25, 0.3) is 0 Å². The molecule has 0 aliphatic rings. The fourth-order valence-corrected chi connectivity index (χ4v) is 1.61. The van der Waals surface area contributed by atoms with Crippen molar-refractivity contribution in [1.82, 2.24) is 5.32 Å². The summed E-state index contributed by atoms with van der Waals surface area (Å²) in [7, 11) is 1.17. The minimum absolute atomic E-state index is 0.122. The van der Waals surface area contributed by atoms with Gasteiger partial charge >= 0.3 is 12.1 Å². The number of rotatable bonds is 6. The van der Waals surface area contributed by atoms with E-state index in [1.165, 1.54) is 7.11 Å². The summed E-state index contributed by atoms with van der Waals surface area (Å²) in [5.74, 6) is -0.791. The Labute approximate surface area is 117 Å². The number of amides is 1. The van der Waals surface area contributed by atoms with Crippen molar-refractivity contribution in [1.29, 1.82) is 0 Å². The van der Waals surface area contributed by atoms with E-state index in [2.05, 4.69) is 10.1 Å². The number of hydrogen-bond donors (Lipinski definition) is 2. The van der Waals surface area contributed by atoms with Crippen molar-refractivity contribution in [3.05, 3.63) is 35.9 Å². The average molecular weight is 281 g/mol. The Kier molecular flexibility index (Phi) is 6.52. The summed E-state index contributed by atoms with van der Waals surface area (Å²) in [4.78, 5) is 22.8. The number of carbonyl (C=O) groups excluding carboxylic acids is 2. The van der Waals surface area contributed by atoms with Crippen LogP contribution in [0.4, 0.5) is 4.79 Å². The van der Waals surface area contributed by atoms with Crippen LogP contribution in [0, 0.1) is 0 Å². The van der Waals surface area contributed by atoms with Gasteiger partial charge in [-0.25, -0.2) is 9.59 Å². The number of esters is 1. The van der Waals surface area contributed by atoms with Crippen molar-refractivity contribution in [2.24, 2.45) is 0 Å². The Morgan fingerprint density at radius 2 is 1.95 bits per heavy atom. The first kappa shape index (κ1) is 16.0. The van der Waals surface area contributed by atoms with Crippen LogP contribution < -0.4 is 5.32 Å². The Morgan fingerprint density at radius 1 is 1.30 bits per heavy atom. The Morgan fingerprint density at radius 3 is 2.50 bits per heavy atom. The van der Waals surface area contributed by atoms with Gasteiger partial charge in [0.25, 0.3) is 0 Å². The van der Waals surface area contributed by atoms with Crippen LogP contribution in [-0.2, 0) is 20.9 Å². The monoisotopic (exact) mass is 281 g/mol. The second kappa shape index (κ2) is 8.16. The topological polar surface area (TPSA) is 84.9 Å². The third-order valence-electron chi connectivity index (χ3n) is 2.78. The summed E-state index contributed by atoms with van der Waals surface area (Å²) in [6.07, 6.45) is -1.73. The molecule has 0 bridgehead atoms. The number of aliphatic hydroxyl groups is 1. The van der Waals surface area contributed by atoms with Crippen LogP contribution in [0.3, 0.4) is 0 Å². The molecule has 6 heteroatoms. The van der Waals surface area contributed by atoms with E-state index in [9.17, 15) is 14.7 Å². The summed E-state index contributed by atoms with van der Waals surface area (Å²) in [5.41, 5.74) is 0.851. The van der Waals surface area contributed by atoms with Crippen LogP contribution in [0.5, 0.6) is 0 Å². The minimum atomic E-state index is -1.41. The number of carbonyl (C=O) groups is 2. The van der Waals surface area contributed by atoms with Gasteiger partial charge in [-0.15, -0.1) is 0 Å². The standard InChI is InChI=1S/C14H19NO5/c1-3-11(12(16)13(17)19-2)15-14(18)20-9-10-7-5-4-6-8-10/h4-8,11-12,16H,3,9H2,1-2H3,(H,15,18). The van der Waals surface area contributed by atoms with E-state index in [-0.39, 0.29) is 6.61 Å². The van der Waals surface area contributed by atoms with E-state index in [1.807, 2.05) is 30.3 Å². The highest BCUT2D eigenvalue weighted by Gasteiger charge is 2.27. The van der Waals surface area contributed by atoms with Gasteiger partial charge in [-0.1, -0.05) is 37.3 Å². The molecule has 0 aliphatic heterocycles. The van der Waals surface area contributed by atoms with Crippen LogP contribution in [0.1, 0.15) is 18.9 Å². The Hall–Kier alpha value is -2.08. The molecular formula is C14H19NO5. The summed E-state index contributed by atoms with van der Waals surface area (Å²) < 4.78 is 9.44. The first-order valence-electron chi connectivity index (χ1n) is 6.31. The number of alkyl carbamates (subject to hydrolysis) is 1. The van der Waals surface area contributed by atoms with E-state index in [4.69, 9.17) is 4.74 Å². The molecule has 2 atom stereocenters. The molecule has 20 heavy (non-hydrogen) atoms. The second-order valence-corrected chi connectivity index (χ2v) is 4.19. The molecule has 0 spiro atoms. The lowest BCUT2D eigenvalue weighted by molar-refractivity contribution is -0.151. The molecule has 0 aromatic heterocycles. The van der Waals surface area contributed by atoms with Crippen molar-refractivity contribution < 1.29 is 24.2 Å². The zero-order valence-corrected chi connectivity index (χ0v) is 11.5. The molecular weight excluding hydrogens is 262 g/mol. The lowest BCUT2D eigenvalue weighted by atomic mass is 10.1. The van der Waals surface area contributed by atoms with Crippen molar-refractivity contribution in [2.45, 2.75) is 32.1 Å². The van der Waals surface area contributed by atoms with Gasteiger partial charge < -0.3 is 19.9 Å². The molecule has 1 rings (SSSR count). The highest BCUT2D eigenvalue weighted by molar-refractivity contribution is 5.76. The molecule has 2 N–H and O–H groups in total. The van der Waals surface area contributed by atoms with E-state index in [0.29, 0.717) is 6.42 Å². The maximum absolute atomic E-state index is 11.6. The zero-order valence-electron chi connectivity index (χ0n) is 11.5. The predicted molar refractivity (Wildman–Crippen MR) is 71.9 cm³/mol. The summed E-state index contributed by atoms with van der Waals surface area (Å²) in [6, 6.07) is 8.45. The highest BCUT2D eigenvalue weighted by Crippen LogP contribution is 2.04. The first-order chi connectivity index (χ1) is 9.58. The molecule has 0 saturated carbocycles. The molecule has 0 saturated heterocycles. The van der Waals surface area contributed by atoms with Crippen molar-refractivity contribution in [3.63, 3.8) is 0 Å². The highest BCUT2D eigenvalue weighted by atomic mass is 16.6. The molecule has 1 aromatic carbocycles. The molecule has 1 amide bonds. The molecule has 0 heterocycles. The zero-order chi connectivity index (χ0) is 15.0. The van der Waals surface area contributed by atoms with Crippen LogP contribution in [0.15, 0.2) is 30.3 Å². The molecule has 0 aliphatic carbocycles. The maximum atomic E-state index is 11.6. The minimum Gasteiger partial charge on any atom is -0.467 e.